The number of methoxy groups -OCH3 is 1. The van der Waals surface area contributed by atoms with E-state index in [1.54, 1.807) is 49.1 Å². The van der Waals surface area contributed by atoms with Gasteiger partial charge in [-0.1, -0.05) is 12.1 Å². The topological polar surface area (TPSA) is 167 Å². The Morgan fingerprint density at radius 1 is 0.621 bits per heavy atom. The van der Waals surface area contributed by atoms with Gasteiger partial charge in [0.05, 0.1) is 56.2 Å². The maximum Gasteiger partial charge on any atom is 0.227 e. The highest BCUT2D eigenvalue weighted by molar-refractivity contribution is 5.61. The van der Waals surface area contributed by atoms with E-state index >= 15 is 0 Å². The molecule has 0 aliphatic carbocycles. The van der Waals surface area contributed by atoms with Gasteiger partial charge < -0.3 is 39.4 Å². The number of anilines is 6. The maximum atomic E-state index is 13.4. The summed E-state index contributed by atoms with van der Waals surface area (Å²) in [6.45, 7) is 5.35. The van der Waals surface area contributed by atoms with Crippen LogP contribution in [0.5, 0.6) is 28.7 Å². The Morgan fingerprint density at radius 3 is 1.64 bits per heavy atom. The van der Waals surface area contributed by atoms with Gasteiger partial charge >= 0.3 is 0 Å². The minimum Gasteiger partial charge on any atom is -0.495 e. The molecule has 8 rings (SSSR count). The predicted molar refractivity (Wildman–Crippen MR) is 217 cm³/mol. The summed E-state index contributed by atoms with van der Waals surface area (Å²) in [5.41, 5.74) is 3.87. The van der Waals surface area contributed by atoms with Crippen LogP contribution in [0.3, 0.4) is 0 Å². The highest BCUT2D eigenvalue weighted by Crippen LogP contribution is 2.29. The molecule has 15 heteroatoms. The van der Waals surface area contributed by atoms with Gasteiger partial charge in [0.15, 0.2) is 11.5 Å². The molecule has 2 N–H and O–H groups in total. The van der Waals surface area contributed by atoms with E-state index < -0.39 is 5.82 Å². The fourth-order valence-corrected chi connectivity index (χ4v) is 6.24. The number of aromatic nitrogens is 4. The first-order valence-electron chi connectivity index (χ1n) is 18.6. The lowest BCUT2D eigenvalue weighted by atomic mass is 10.2. The molecule has 2 saturated heterocycles. The minimum atomic E-state index is -0.561. The van der Waals surface area contributed by atoms with Crippen LogP contribution >= 0.6 is 0 Å². The molecule has 0 amide bonds. The van der Waals surface area contributed by atoms with E-state index in [-0.39, 0.29) is 5.56 Å². The van der Waals surface area contributed by atoms with Gasteiger partial charge in [0.2, 0.25) is 11.9 Å². The first-order chi connectivity index (χ1) is 28.5. The van der Waals surface area contributed by atoms with E-state index in [1.807, 2.05) is 36.4 Å². The highest BCUT2D eigenvalue weighted by atomic mass is 19.1. The Hall–Kier alpha value is -7.49. The smallest absolute Gasteiger partial charge is 0.227 e. The summed E-state index contributed by atoms with van der Waals surface area (Å²) in [6.07, 6.45) is 8.77. The average molecular weight is 779 g/mol. The second-order valence-electron chi connectivity index (χ2n) is 13.1. The van der Waals surface area contributed by atoms with E-state index in [9.17, 15) is 9.65 Å². The molecule has 2 fully saturated rings. The van der Waals surface area contributed by atoms with Crippen molar-refractivity contribution in [2.75, 3.05) is 66.9 Å². The maximum absolute atomic E-state index is 13.4. The number of nitriles is 2. The third-order valence-electron chi connectivity index (χ3n) is 9.13. The molecule has 58 heavy (non-hydrogen) atoms. The molecular weight excluding hydrogens is 740 g/mol. The number of nitrogens with one attached hydrogen (secondary N) is 2. The summed E-state index contributed by atoms with van der Waals surface area (Å²) in [5.74, 6) is 3.18. The van der Waals surface area contributed by atoms with E-state index in [0.29, 0.717) is 46.1 Å². The molecule has 2 aliphatic rings. The molecule has 2 aromatic heterocycles. The van der Waals surface area contributed by atoms with E-state index in [4.69, 9.17) is 24.2 Å². The van der Waals surface area contributed by atoms with E-state index in [1.165, 1.54) is 38.2 Å². The first-order valence-corrected chi connectivity index (χ1v) is 18.6. The van der Waals surface area contributed by atoms with Crippen molar-refractivity contribution in [1.82, 2.24) is 19.9 Å². The zero-order valence-corrected chi connectivity index (χ0v) is 31.6. The Balaban J connectivity index is 0.000000177. The molecule has 4 heterocycles. The van der Waals surface area contributed by atoms with Crippen LogP contribution in [0.15, 0.2) is 110 Å². The summed E-state index contributed by atoms with van der Waals surface area (Å²) in [6, 6.07) is 29.2. The van der Waals surface area contributed by atoms with Gasteiger partial charge in [-0.25, -0.2) is 24.3 Å². The molecule has 0 spiro atoms. The zero-order valence-electron chi connectivity index (χ0n) is 31.6. The van der Waals surface area contributed by atoms with E-state index in [2.05, 4.69) is 58.6 Å². The molecular formula is C43H39FN10O4. The lowest BCUT2D eigenvalue weighted by Crippen LogP contribution is -2.36. The van der Waals surface area contributed by atoms with Crippen LogP contribution in [0.1, 0.15) is 24.0 Å². The fourth-order valence-electron chi connectivity index (χ4n) is 6.24. The number of hydrogen-bond acceptors (Lipinski definition) is 14. The van der Waals surface area contributed by atoms with Gasteiger partial charge in [0.25, 0.3) is 0 Å². The van der Waals surface area contributed by atoms with Crippen molar-refractivity contribution < 1.29 is 23.3 Å². The Morgan fingerprint density at radius 2 is 1.12 bits per heavy atom. The summed E-state index contributed by atoms with van der Waals surface area (Å²) in [5, 5.41) is 24.1. The molecule has 0 bridgehead atoms. The van der Waals surface area contributed by atoms with Crippen LogP contribution in [0.2, 0.25) is 0 Å². The van der Waals surface area contributed by atoms with Crippen molar-refractivity contribution in [2.24, 2.45) is 0 Å². The van der Waals surface area contributed by atoms with Gasteiger partial charge in [-0.3, -0.25) is 0 Å². The van der Waals surface area contributed by atoms with Gasteiger partial charge in [0, 0.05) is 61.1 Å². The van der Waals surface area contributed by atoms with Gasteiger partial charge in [-0.05, 0) is 73.5 Å². The summed E-state index contributed by atoms with van der Waals surface area (Å²) in [7, 11) is 1.53. The molecule has 6 aromatic rings. The van der Waals surface area contributed by atoms with Crippen molar-refractivity contribution in [3.05, 3.63) is 127 Å². The minimum absolute atomic E-state index is 0.0390. The Kier molecular flexibility index (Phi) is 12.6. The predicted octanol–water partition coefficient (Wildman–Crippen LogP) is 8.35. The Labute approximate surface area is 335 Å². The monoisotopic (exact) mass is 778 g/mol. The van der Waals surface area contributed by atoms with Crippen LogP contribution in [0.4, 0.5) is 39.0 Å². The third kappa shape index (κ3) is 10.2. The van der Waals surface area contributed by atoms with Crippen LogP contribution < -0.4 is 34.6 Å². The molecule has 0 unspecified atom stereocenters. The van der Waals surface area contributed by atoms with Gasteiger partial charge in [-0.15, -0.1) is 0 Å². The number of nitrogens with zero attached hydrogens (tertiary/aromatic N) is 8. The van der Waals surface area contributed by atoms with Crippen LogP contribution in [0, 0.1) is 28.5 Å². The summed E-state index contributed by atoms with van der Waals surface area (Å²) in [4.78, 5) is 21.6. The zero-order chi connectivity index (χ0) is 40.1. The summed E-state index contributed by atoms with van der Waals surface area (Å²) >= 11 is 0. The van der Waals surface area contributed by atoms with Gasteiger partial charge in [0.1, 0.15) is 35.2 Å². The lowest BCUT2D eigenvalue weighted by molar-refractivity contribution is 0.122. The number of halogens is 1. The number of morpholine rings is 1. The van der Waals surface area contributed by atoms with Crippen molar-refractivity contribution >= 4 is 34.6 Å². The average Bonchev–Trinajstić information content (AvgIpc) is 3.82. The highest BCUT2D eigenvalue weighted by Gasteiger charge is 2.14. The molecule has 292 valence electrons. The lowest BCUT2D eigenvalue weighted by Gasteiger charge is -2.29. The van der Waals surface area contributed by atoms with Crippen molar-refractivity contribution in [1.29, 1.82) is 10.5 Å². The normalized spacial score (nSPS) is 13.3. The quantitative estimate of drug-likeness (QED) is 0.129. The Bertz CT molecular complexity index is 2390. The van der Waals surface area contributed by atoms with Crippen LogP contribution in [0.25, 0.3) is 0 Å². The number of ether oxygens (including phenoxy) is 4. The SMILES string of the molecule is COc1ccc(Nc2ncc(Oc3cccc(N4CCOCC4)c3)cn2)cc1C#N.N#Cc1cc(Nc2ncc(Oc3cccc(N4CCCC4)c3)cn2)ccc1F. The molecule has 14 nitrogen and oxygen atoms in total. The molecule has 0 saturated carbocycles. The van der Waals surface area contributed by atoms with Crippen molar-refractivity contribution in [3.63, 3.8) is 0 Å². The first kappa shape index (κ1) is 38.8. The second-order valence-corrected chi connectivity index (χ2v) is 13.1. The number of rotatable bonds is 11. The molecule has 4 aromatic carbocycles. The fraction of sp³-hybridized carbons (Fsp3) is 0.209. The second kappa shape index (κ2) is 18.9. The van der Waals surface area contributed by atoms with Crippen LogP contribution in [-0.2, 0) is 4.74 Å². The van der Waals surface area contributed by atoms with Crippen molar-refractivity contribution in [3.8, 4) is 40.9 Å². The number of hydrogen-bond donors (Lipinski definition) is 2. The largest absolute Gasteiger partial charge is 0.495 e. The summed E-state index contributed by atoms with van der Waals surface area (Å²) < 4.78 is 35.7. The molecule has 0 atom stereocenters. The van der Waals surface area contributed by atoms with E-state index in [0.717, 1.165) is 62.3 Å². The van der Waals surface area contributed by atoms with Crippen molar-refractivity contribution in [2.45, 2.75) is 12.8 Å². The standard InChI is InChI=1S/C22H21N5O3.C21H18FN5O/c1-28-21-6-5-17(11-16(21)13-23)26-22-24-14-20(15-25-22)30-19-4-2-3-18(12-19)27-7-9-29-10-8-27;22-20-7-6-16(10-15(20)12-23)26-21-24-13-19(14-25-21)28-18-5-3-4-17(11-18)27-8-1-2-9-27/h2-6,11-12,14-15H,7-10H2,1H3,(H,24,25,26);3-7,10-11,13-14H,1-2,8-9H2,(H,24,25,26). The molecule has 2 aliphatic heterocycles. The molecule has 0 radical (unpaired) electrons. The number of benzene rings is 4. The van der Waals surface area contributed by atoms with Crippen LogP contribution in [-0.4, -0.2) is 66.4 Å². The van der Waals surface area contributed by atoms with Gasteiger partial charge in [-0.2, -0.15) is 10.5 Å². The third-order valence-corrected chi connectivity index (χ3v) is 9.13.